The molecule has 0 saturated heterocycles. The second-order valence-corrected chi connectivity index (χ2v) is 11.9. The van der Waals surface area contributed by atoms with Gasteiger partial charge in [0.2, 0.25) is 0 Å². The van der Waals surface area contributed by atoms with Crippen molar-refractivity contribution in [3.05, 3.63) is 113 Å². The zero-order valence-corrected chi connectivity index (χ0v) is 26.9. The molecule has 0 spiro atoms. The van der Waals surface area contributed by atoms with Gasteiger partial charge in [-0.2, -0.15) is 4.39 Å². The van der Waals surface area contributed by atoms with Crippen molar-refractivity contribution in [2.24, 2.45) is 0 Å². The first-order valence-corrected chi connectivity index (χ1v) is 15.4. The molecule has 0 aliphatic heterocycles. The molecule has 0 radical (unpaired) electrons. The van der Waals surface area contributed by atoms with Crippen LogP contribution in [0.2, 0.25) is 0 Å². The van der Waals surface area contributed by atoms with E-state index >= 15 is 13.2 Å². The van der Waals surface area contributed by atoms with Crippen molar-refractivity contribution in [3.63, 3.8) is 0 Å². The van der Waals surface area contributed by atoms with Gasteiger partial charge in [-0.25, -0.2) is 18.0 Å². The van der Waals surface area contributed by atoms with Gasteiger partial charge in [-0.3, -0.25) is 4.79 Å². The second kappa shape index (κ2) is 16.5. The number of carbonyl (C=O) groups excluding carboxylic acids is 2. The summed E-state index contributed by atoms with van der Waals surface area (Å²) in [6.45, 7) is 10.7. The number of halogens is 4. The highest BCUT2D eigenvalue weighted by atomic mass is 31.0. The van der Waals surface area contributed by atoms with Gasteiger partial charge in [0.15, 0.2) is 5.78 Å². The van der Waals surface area contributed by atoms with E-state index in [4.69, 9.17) is 9.47 Å². The van der Waals surface area contributed by atoms with E-state index in [1.807, 2.05) is 0 Å². The Hall–Kier alpha value is -3.77. The number of hydrogen-bond acceptors (Lipinski definition) is 4. The molecule has 0 aromatic heterocycles. The maximum atomic E-state index is 15.6. The van der Waals surface area contributed by atoms with Gasteiger partial charge in [-0.05, 0) is 114 Å². The number of ether oxygens (including phenoxy) is 2. The third-order valence-corrected chi connectivity index (χ3v) is 7.61. The van der Waals surface area contributed by atoms with E-state index in [2.05, 4.69) is 13.2 Å². The summed E-state index contributed by atoms with van der Waals surface area (Å²) in [5.41, 5.74) is -1.46. The minimum absolute atomic E-state index is 0.0196. The molecule has 0 heterocycles. The van der Waals surface area contributed by atoms with Crippen LogP contribution in [0.4, 0.5) is 17.6 Å². The Morgan fingerprint density at radius 2 is 1.38 bits per heavy atom. The first-order valence-electron chi connectivity index (χ1n) is 14.8. The summed E-state index contributed by atoms with van der Waals surface area (Å²) in [4.78, 5) is 23.0. The summed E-state index contributed by atoms with van der Waals surface area (Å²) in [7, 11) is 1.69. The number of ketones is 1. The SMILES string of the molecule is C=C(C)C(=O)CCCCCc1ccc(-c2cc(F)c(C(F)(P)Oc3ccc(CCCCOC(=O)C(=C)C)cc3)c(F)c2)c(F)c1. The monoisotopic (exact) mass is 642 g/mol. The van der Waals surface area contributed by atoms with Gasteiger partial charge in [-0.1, -0.05) is 43.8 Å². The number of hydrogen-bond donors (Lipinski definition) is 0. The van der Waals surface area contributed by atoms with E-state index in [-0.39, 0.29) is 29.3 Å². The molecule has 0 fully saturated rings. The number of alkyl halides is 1. The van der Waals surface area contributed by atoms with Gasteiger partial charge in [0.1, 0.15) is 28.8 Å². The van der Waals surface area contributed by atoms with E-state index in [9.17, 15) is 14.0 Å². The number of rotatable bonds is 17. The van der Waals surface area contributed by atoms with Crippen molar-refractivity contribution in [1.82, 2.24) is 0 Å². The predicted octanol–water partition coefficient (Wildman–Crippen LogP) is 9.49. The number of esters is 1. The first kappa shape index (κ1) is 35.7. The number of unbranched alkanes of at least 4 members (excludes halogenated alkanes) is 3. The summed E-state index contributed by atoms with van der Waals surface area (Å²) in [5.74, 6) is -3.44. The second-order valence-electron chi connectivity index (χ2n) is 11.2. The highest BCUT2D eigenvalue weighted by molar-refractivity contribution is 7.17. The van der Waals surface area contributed by atoms with Crippen LogP contribution in [0.3, 0.4) is 0 Å². The van der Waals surface area contributed by atoms with E-state index in [0.717, 1.165) is 48.9 Å². The van der Waals surface area contributed by atoms with Crippen LogP contribution in [-0.2, 0) is 32.8 Å². The normalized spacial score (nSPS) is 12.3. The van der Waals surface area contributed by atoms with E-state index in [0.29, 0.717) is 36.8 Å². The lowest BCUT2D eigenvalue weighted by Gasteiger charge is -2.24. The fourth-order valence-corrected chi connectivity index (χ4v) is 5.09. The van der Waals surface area contributed by atoms with Crippen molar-refractivity contribution in [2.75, 3.05) is 6.61 Å². The third kappa shape index (κ3) is 10.7. The zero-order chi connectivity index (χ0) is 33.1. The van der Waals surface area contributed by atoms with Crippen LogP contribution >= 0.6 is 9.24 Å². The molecule has 240 valence electrons. The van der Waals surface area contributed by atoms with Crippen LogP contribution in [0.15, 0.2) is 78.9 Å². The molecule has 0 bridgehead atoms. The Morgan fingerprint density at radius 3 is 1.98 bits per heavy atom. The molecular formula is C36H39F4O4P. The standard InChI is InChI=1S/C36H39F4O4P/c1-23(2)33(41)12-7-5-6-11-26-15-18-29(30(37)20-26)27-21-31(38)34(32(39)22-27)36(40,45)44-28-16-13-25(14-17-28)10-8-9-19-43-35(42)24(3)4/h13-18,20-22H,1,3,5-12,19,45H2,2,4H3. The van der Waals surface area contributed by atoms with Crippen LogP contribution in [-0.4, -0.2) is 18.4 Å². The number of carbonyl (C=O) groups is 2. The third-order valence-electron chi connectivity index (χ3n) is 7.20. The Balaban J connectivity index is 1.60. The lowest BCUT2D eigenvalue weighted by molar-refractivity contribution is -0.139. The molecular weight excluding hydrogens is 603 g/mol. The van der Waals surface area contributed by atoms with Gasteiger partial charge in [0.05, 0.1) is 6.61 Å². The minimum Gasteiger partial charge on any atom is -0.462 e. The van der Waals surface area contributed by atoms with Gasteiger partial charge >= 0.3 is 5.97 Å². The summed E-state index contributed by atoms with van der Waals surface area (Å²) in [6.07, 6.45) is 5.35. The molecule has 2 atom stereocenters. The Morgan fingerprint density at radius 1 is 0.778 bits per heavy atom. The fourth-order valence-electron chi connectivity index (χ4n) is 4.67. The van der Waals surface area contributed by atoms with Crippen molar-refractivity contribution >= 4 is 21.0 Å². The summed E-state index contributed by atoms with van der Waals surface area (Å²) >= 11 is 0. The molecule has 3 rings (SSSR count). The average molecular weight is 643 g/mol. The maximum absolute atomic E-state index is 15.6. The number of benzene rings is 3. The lowest BCUT2D eigenvalue weighted by atomic mass is 9.98. The molecule has 0 N–H and O–H groups in total. The molecule has 3 aromatic carbocycles. The first-order chi connectivity index (χ1) is 21.3. The van der Waals surface area contributed by atoms with Crippen LogP contribution in [0.5, 0.6) is 5.75 Å². The van der Waals surface area contributed by atoms with Crippen molar-refractivity contribution in [3.8, 4) is 16.9 Å². The zero-order valence-electron chi connectivity index (χ0n) is 25.7. The van der Waals surface area contributed by atoms with Gasteiger partial charge in [0, 0.05) is 17.6 Å². The maximum Gasteiger partial charge on any atom is 0.333 e. The van der Waals surface area contributed by atoms with E-state index < -0.39 is 34.6 Å². The quantitative estimate of drug-likeness (QED) is 0.0484. The van der Waals surface area contributed by atoms with E-state index in [1.54, 1.807) is 41.3 Å². The molecule has 3 aromatic rings. The molecule has 0 aliphatic carbocycles. The molecule has 4 nitrogen and oxygen atoms in total. The van der Waals surface area contributed by atoms with Crippen LogP contribution in [0.1, 0.15) is 69.1 Å². The Bertz CT molecular complexity index is 1510. The molecule has 45 heavy (non-hydrogen) atoms. The highest BCUT2D eigenvalue weighted by Crippen LogP contribution is 2.40. The molecule has 0 amide bonds. The number of Topliss-reactive ketones (excluding diaryl/α,β-unsaturated/α-hetero) is 1. The Labute approximate surface area is 264 Å². The van der Waals surface area contributed by atoms with Gasteiger partial charge in [-0.15, -0.1) is 0 Å². The molecule has 0 aliphatic rings. The smallest absolute Gasteiger partial charge is 0.333 e. The summed E-state index contributed by atoms with van der Waals surface area (Å²) in [5, 5.41) is 0. The summed E-state index contributed by atoms with van der Waals surface area (Å²) < 4.78 is 71.2. The van der Waals surface area contributed by atoms with Crippen LogP contribution in [0.25, 0.3) is 11.1 Å². The lowest BCUT2D eigenvalue weighted by Crippen LogP contribution is -2.23. The van der Waals surface area contributed by atoms with Gasteiger partial charge < -0.3 is 9.47 Å². The predicted molar refractivity (Wildman–Crippen MR) is 172 cm³/mol. The topological polar surface area (TPSA) is 52.6 Å². The highest BCUT2D eigenvalue weighted by Gasteiger charge is 2.36. The molecule has 9 heteroatoms. The number of allylic oxidation sites excluding steroid dienone is 1. The van der Waals surface area contributed by atoms with Crippen LogP contribution < -0.4 is 4.74 Å². The van der Waals surface area contributed by atoms with Crippen molar-refractivity contribution in [2.45, 2.75) is 70.8 Å². The average Bonchev–Trinajstić information content (AvgIpc) is 2.96. The van der Waals surface area contributed by atoms with Crippen molar-refractivity contribution < 1.29 is 36.6 Å². The largest absolute Gasteiger partial charge is 0.462 e. The van der Waals surface area contributed by atoms with Gasteiger partial charge in [0.25, 0.3) is 5.60 Å². The molecule has 0 saturated carbocycles. The van der Waals surface area contributed by atoms with E-state index in [1.165, 1.54) is 24.3 Å². The van der Waals surface area contributed by atoms with Crippen molar-refractivity contribution in [1.29, 1.82) is 0 Å². The molecule has 2 unspecified atom stereocenters. The van der Waals surface area contributed by atoms with Crippen LogP contribution in [0, 0.1) is 17.5 Å². The minimum atomic E-state index is -2.93. The fraction of sp³-hybridized carbons (Fsp3) is 0.333. The Kier molecular flexibility index (Phi) is 13.1. The summed E-state index contributed by atoms with van der Waals surface area (Å²) in [6, 6.07) is 12.6. The number of aryl methyl sites for hydroxylation is 2.